The molecule has 7 aliphatic heterocycles. The molecule has 0 N–H and O–H groups in total. The van der Waals surface area contributed by atoms with Crippen molar-refractivity contribution in [1.29, 1.82) is 5.26 Å². The summed E-state index contributed by atoms with van der Waals surface area (Å²) in [5.74, 6) is 0.535. The van der Waals surface area contributed by atoms with Gasteiger partial charge in [0.25, 0.3) is 0 Å². The Bertz CT molecular complexity index is 3010. The van der Waals surface area contributed by atoms with Gasteiger partial charge in [-0.05, 0) is 91.9 Å². The van der Waals surface area contributed by atoms with Gasteiger partial charge in [0.1, 0.15) is 37.4 Å². The highest BCUT2D eigenvalue weighted by molar-refractivity contribution is 7.99. The van der Waals surface area contributed by atoms with Gasteiger partial charge in [0.15, 0.2) is 40.0 Å². The molecule has 0 aromatic heterocycles. The number of hydrogen-bond acceptors (Lipinski definition) is 15. The van der Waals surface area contributed by atoms with E-state index in [9.17, 15) is 14.4 Å². The van der Waals surface area contributed by atoms with Crippen molar-refractivity contribution in [3.8, 4) is 46.3 Å². The van der Waals surface area contributed by atoms with Crippen molar-refractivity contribution in [1.82, 2.24) is 14.7 Å². The number of ether oxygens (including phenoxy) is 8. The average Bonchev–Trinajstić information content (AvgIpc) is 3.86. The number of fused-ring (bicyclic) bond motifs is 9. The summed E-state index contributed by atoms with van der Waals surface area (Å²) in [5.41, 5.74) is 4.27. The molecule has 72 heavy (non-hydrogen) atoms. The maximum atomic E-state index is 15.9. The number of carbonyl (C=O) groups is 3. The molecule has 0 unspecified atom stereocenters. The fourth-order valence-corrected chi connectivity index (χ4v) is 13.7. The molecule has 374 valence electrons. The fourth-order valence-electron chi connectivity index (χ4n) is 12.0. The van der Waals surface area contributed by atoms with Gasteiger partial charge in [0, 0.05) is 59.6 Å². The Morgan fingerprint density at radius 2 is 1.74 bits per heavy atom. The Balaban J connectivity index is 1.25. The summed E-state index contributed by atoms with van der Waals surface area (Å²) in [4.78, 5) is 50.2. The second-order valence-electron chi connectivity index (χ2n) is 18.7. The van der Waals surface area contributed by atoms with Gasteiger partial charge in [-0.3, -0.25) is 19.4 Å². The number of methoxy groups -OCH3 is 2. The zero-order valence-electron chi connectivity index (χ0n) is 41.0. The third kappa shape index (κ3) is 7.64. The van der Waals surface area contributed by atoms with Crippen molar-refractivity contribution < 1.29 is 56.7 Å². The first-order chi connectivity index (χ1) is 34.8. The molecule has 15 nitrogen and oxygen atoms in total. The first kappa shape index (κ1) is 48.6. The molecule has 4 bridgehead atoms. The van der Waals surface area contributed by atoms with Crippen LogP contribution in [0.2, 0.25) is 0 Å². The van der Waals surface area contributed by atoms with Gasteiger partial charge >= 0.3 is 11.9 Å². The lowest BCUT2D eigenvalue weighted by Crippen LogP contribution is -2.69. The molecule has 17 heteroatoms. The molecule has 4 aromatic carbocycles. The van der Waals surface area contributed by atoms with Crippen molar-refractivity contribution in [2.75, 3.05) is 60.2 Å². The summed E-state index contributed by atoms with van der Waals surface area (Å²) in [6.45, 7) is 12.9. The Labute approximate surface area is 421 Å². The maximum absolute atomic E-state index is 15.9. The summed E-state index contributed by atoms with van der Waals surface area (Å²) < 4.78 is 64.7. The Hall–Kier alpha value is -7.00. The second-order valence-corrected chi connectivity index (χ2v) is 19.8. The molecule has 1 spiro atoms. The molecule has 0 saturated carbocycles. The molecule has 11 rings (SSSR count). The number of halogens is 1. The van der Waals surface area contributed by atoms with Gasteiger partial charge in [-0.1, -0.05) is 43.5 Å². The van der Waals surface area contributed by atoms with Crippen LogP contribution in [0.25, 0.3) is 6.08 Å². The highest BCUT2D eigenvalue weighted by Gasteiger charge is 2.63. The number of benzene rings is 4. The minimum atomic E-state index is -1.83. The third-order valence-electron chi connectivity index (χ3n) is 14.8. The lowest BCUT2D eigenvalue weighted by atomic mass is 9.71. The fraction of sp³-hybridized carbons (Fsp3) is 0.382. The Morgan fingerprint density at radius 3 is 2.46 bits per heavy atom. The standard InChI is InChI=1S/C55H55FN4O11S/c1-9-18-66-41-23-33-16-17-59(42(62)15-14-32-12-11-13-35(56)21-32)55(36(33)24-40(41)64-7)27-72-53-45-44(52-50(69-28-70-52)30(4)49(45)71-31(5)61)39(26-68-54(55)63)60-38(25-57)37-22-34-20-29(3)48(65-8)51(67-19-10-2)43(34)46(47(53)60)58(37)6/h9-15,20-21,23-24,37-39,46-47,53H,1-2,16-19,22,26-28H2,3-8H3/b15-14+/t37-,38-,39-,46-,47+,53+,55+/m0/s1. The van der Waals surface area contributed by atoms with Crippen LogP contribution in [0.4, 0.5) is 4.39 Å². The molecule has 0 radical (unpaired) electrons. The van der Waals surface area contributed by atoms with Crippen molar-refractivity contribution in [3.63, 3.8) is 0 Å². The maximum Gasteiger partial charge on any atom is 0.337 e. The molecular weight excluding hydrogens is 944 g/mol. The van der Waals surface area contributed by atoms with E-state index in [1.807, 2.05) is 27.0 Å². The average molecular weight is 999 g/mol. The van der Waals surface area contributed by atoms with Crippen LogP contribution in [0.3, 0.4) is 0 Å². The number of hydrogen-bond donors (Lipinski definition) is 0. The summed E-state index contributed by atoms with van der Waals surface area (Å²) in [7, 11) is 5.13. The quantitative estimate of drug-likeness (QED) is 0.0620. The number of rotatable bonds is 11. The second kappa shape index (κ2) is 19.2. The van der Waals surface area contributed by atoms with E-state index in [4.69, 9.17) is 37.9 Å². The van der Waals surface area contributed by atoms with Crippen LogP contribution in [0.5, 0.6) is 40.2 Å². The number of amides is 1. The number of esters is 2. The van der Waals surface area contributed by atoms with Crippen LogP contribution < -0.4 is 33.2 Å². The number of piperazine rings is 1. The predicted octanol–water partition coefficient (Wildman–Crippen LogP) is 7.80. The van der Waals surface area contributed by atoms with E-state index >= 15 is 9.59 Å². The van der Waals surface area contributed by atoms with Crippen molar-refractivity contribution in [3.05, 3.63) is 130 Å². The van der Waals surface area contributed by atoms with Crippen LogP contribution in [0.1, 0.15) is 74.3 Å². The van der Waals surface area contributed by atoms with Gasteiger partial charge in [-0.15, -0.1) is 11.8 Å². The largest absolute Gasteiger partial charge is 0.493 e. The normalized spacial score (nSPS) is 24.8. The first-order valence-corrected chi connectivity index (χ1v) is 24.8. The van der Waals surface area contributed by atoms with Crippen LogP contribution in [-0.4, -0.2) is 111 Å². The number of nitriles is 1. The van der Waals surface area contributed by atoms with Crippen LogP contribution in [-0.2, 0) is 37.5 Å². The van der Waals surface area contributed by atoms with Gasteiger partial charge in [-0.25, -0.2) is 9.18 Å². The van der Waals surface area contributed by atoms with E-state index in [1.165, 1.54) is 55.0 Å². The highest BCUT2D eigenvalue weighted by Crippen LogP contribution is 2.65. The lowest BCUT2D eigenvalue weighted by Gasteiger charge is -2.62. The summed E-state index contributed by atoms with van der Waals surface area (Å²) in [5, 5.41) is 10.8. The summed E-state index contributed by atoms with van der Waals surface area (Å²) in [6, 6.07) is 11.1. The number of likely N-dealkylation sites (N-methyl/N-ethyl adjacent to an activating group) is 1. The van der Waals surface area contributed by atoms with Crippen molar-refractivity contribution in [2.24, 2.45) is 0 Å². The van der Waals surface area contributed by atoms with E-state index < -0.39 is 58.6 Å². The minimum Gasteiger partial charge on any atom is -0.493 e. The SMILES string of the molecule is C=CCOc1cc2c(cc1OC)[C@@]1(CS[C@@H]3c4c(OC(C)=O)c(C)c5c(c4[C@H](COC1=O)N1[C@@H]3[C@@H]3c4c(cc(C)c(OC)c4OCC=C)C[C@@H]([C@@H]1C#N)N3C)OCO5)N(C(=O)/C=C/c1cccc(F)c1)CC2. The lowest BCUT2D eigenvalue weighted by molar-refractivity contribution is -0.167. The molecule has 7 atom stereocenters. The molecule has 1 amide bonds. The molecule has 7 heterocycles. The van der Waals surface area contributed by atoms with Crippen LogP contribution in [0, 0.1) is 31.0 Å². The Kier molecular flexibility index (Phi) is 13.0. The number of nitrogens with zero attached hydrogens (tertiary/aromatic N) is 4. The first-order valence-electron chi connectivity index (χ1n) is 23.8. The molecular formula is C55H55FN4O11S. The molecule has 7 aliphatic rings. The molecule has 2 fully saturated rings. The highest BCUT2D eigenvalue weighted by atomic mass is 32.2. The van der Waals surface area contributed by atoms with Gasteiger partial charge in [-0.2, -0.15) is 5.26 Å². The molecule has 0 aliphatic carbocycles. The topological polar surface area (TPSA) is 159 Å². The van der Waals surface area contributed by atoms with Crippen molar-refractivity contribution in [2.45, 2.75) is 74.6 Å². The van der Waals surface area contributed by atoms with Gasteiger partial charge in [0.2, 0.25) is 12.7 Å². The van der Waals surface area contributed by atoms with E-state index in [0.29, 0.717) is 75.2 Å². The molecule has 4 aromatic rings. The monoisotopic (exact) mass is 998 g/mol. The zero-order chi connectivity index (χ0) is 50.7. The van der Waals surface area contributed by atoms with E-state index in [-0.39, 0.29) is 50.7 Å². The van der Waals surface area contributed by atoms with Crippen molar-refractivity contribution >= 4 is 35.7 Å². The summed E-state index contributed by atoms with van der Waals surface area (Å²) >= 11 is 1.39. The van der Waals surface area contributed by atoms with E-state index in [0.717, 1.165) is 22.3 Å². The van der Waals surface area contributed by atoms with E-state index in [2.05, 4.69) is 35.1 Å². The molecule has 2 saturated heterocycles. The third-order valence-corrected chi connectivity index (χ3v) is 16.3. The smallest absolute Gasteiger partial charge is 0.337 e. The Morgan fingerprint density at radius 1 is 0.958 bits per heavy atom. The summed E-state index contributed by atoms with van der Waals surface area (Å²) in [6.07, 6.45) is 6.98. The van der Waals surface area contributed by atoms with Gasteiger partial charge in [0.05, 0.1) is 37.6 Å². The number of aryl methyl sites for hydroxylation is 1. The number of thioether (sulfide) groups is 1. The predicted molar refractivity (Wildman–Crippen MR) is 265 cm³/mol. The minimum absolute atomic E-state index is 0.0824. The zero-order valence-corrected chi connectivity index (χ0v) is 41.8. The number of carbonyl (C=O) groups excluding carboxylic acids is 3. The van der Waals surface area contributed by atoms with Crippen LogP contribution >= 0.6 is 11.8 Å². The van der Waals surface area contributed by atoms with Crippen LogP contribution in [0.15, 0.2) is 73.9 Å². The van der Waals surface area contributed by atoms with Gasteiger partial charge < -0.3 is 42.8 Å². The van der Waals surface area contributed by atoms with E-state index in [1.54, 1.807) is 37.5 Å².